The molecule has 0 aromatic heterocycles. The predicted molar refractivity (Wildman–Crippen MR) is 76.5 cm³/mol. The van der Waals surface area contributed by atoms with Crippen molar-refractivity contribution in [1.29, 1.82) is 0 Å². The van der Waals surface area contributed by atoms with Gasteiger partial charge < -0.3 is 10.1 Å². The molecule has 2 atom stereocenters. The molecule has 1 aliphatic heterocycles. The summed E-state index contributed by atoms with van der Waals surface area (Å²) in [5, 5.41) is 3.13. The second-order valence-electron chi connectivity index (χ2n) is 5.52. The molecule has 124 valence electrons. The van der Waals surface area contributed by atoms with Gasteiger partial charge in [-0.2, -0.15) is 13.2 Å². The summed E-state index contributed by atoms with van der Waals surface area (Å²) < 4.78 is 66.3. The van der Waals surface area contributed by atoms with Gasteiger partial charge in [0.25, 0.3) is 0 Å². The highest BCUT2D eigenvalue weighted by molar-refractivity contribution is 7.90. The fraction of sp³-hybridized carbons (Fsp3) is 0.571. The molecule has 8 heteroatoms. The molecule has 1 N–H and O–H groups in total. The van der Waals surface area contributed by atoms with Crippen molar-refractivity contribution in [1.82, 2.24) is 5.32 Å². The molecule has 0 spiro atoms. The van der Waals surface area contributed by atoms with Gasteiger partial charge in [0, 0.05) is 18.7 Å². The Kier molecular flexibility index (Phi) is 5.01. The number of rotatable bonds is 5. The Hall–Kier alpha value is -1.28. The van der Waals surface area contributed by atoms with E-state index >= 15 is 0 Å². The zero-order valence-electron chi connectivity index (χ0n) is 12.1. The van der Waals surface area contributed by atoms with E-state index in [9.17, 15) is 21.6 Å². The summed E-state index contributed by atoms with van der Waals surface area (Å²) >= 11 is 0. The molecule has 1 aromatic carbocycles. The van der Waals surface area contributed by atoms with Crippen LogP contribution in [0.3, 0.4) is 0 Å². The third-order valence-electron chi connectivity index (χ3n) is 3.56. The van der Waals surface area contributed by atoms with Crippen molar-refractivity contribution >= 4 is 9.84 Å². The monoisotopic (exact) mass is 337 g/mol. The standard InChI is InChI=1S/C14H18F3NO3S/c1-22(19,20)9-13(10-6-7-18-8-10)21-12-4-2-11(3-5-12)14(15,16)17/h2-5,10,13,18H,6-9H2,1H3/t10?,13-/m1/s1. The topological polar surface area (TPSA) is 55.4 Å². The van der Waals surface area contributed by atoms with Crippen molar-refractivity contribution in [2.45, 2.75) is 18.7 Å². The summed E-state index contributed by atoms with van der Waals surface area (Å²) in [6.45, 7) is 1.42. The average Bonchev–Trinajstić information content (AvgIpc) is 2.89. The van der Waals surface area contributed by atoms with Crippen molar-refractivity contribution in [3.05, 3.63) is 29.8 Å². The van der Waals surface area contributed by atoms with Crippen LogP contribution in [-0.4, -0.2) is 39.6 Å². The maximum absolute atomic E-state index is 12.5. The van der Waals surface area contributed by atoms with Gasteiger partial charge in [0.1, 0.15) is 11.9 Å². The highest BCUT2D eigenvalue weighted by Crippen LogP contribution is 2.31. The lowest BCUT2D eigenvalue weighted by Gasteiger charge is -2.24. The maximum atomic E-state index is 12.5. The van der Waals surface area contributed by atoms with Crippen molar-refractivity contribution in [3.8, 4) is 5.75 Å². The average molecular weight is 337 g/mol. The van der Waals surface area contributed by atoms with Crippen molar-refractivity contribution in [3.63, 3.8) is 0 Å². The van der Waals surface area contributed by atoms with Crippen molar-refractivity contribution in [2.75, 3.05) is 25.1 Å². The fourth-order valence-electron chi connectivity index (χ4n) is 2.46. The van der Waals surface area contributed by atoms with Crippen molar-refractivity contribution < 1.29 is 26.3 Å². The van der Waals surface area contributed by atoms with Gasteiger partial charge in [-0.1, -0.05) is 0 Å². The molecule has 1 saturated heterocycles. The Labute approximate surface area is 127 Å². The second-order valence-corrected chi connectivity index (χ2v) is 7.71. The van der Waals surface area contributed by atoms with Crippen LogP contribution < -0.4 is 10.1 Å². The smallest absolute Gasteiger partial charge is 0.416 e. The Bertz CT molecular complexity index is 593. The highest BCUT2D eigenvalue weighted by atomic mass is 32.2. The van der Waals surface area contributed by atoms with Gasteiger partial charge in [-0.15, -0.1) is 0 Å². The number of halogens is 3. The van der Waals surface area contributed by atoms with E-state index in [0.717, 1.165) is 31.4 Å². The van der Waals surface area contributed by atoms with E-state index in [1.165, 1.54) is 12.1 Å². The van der Waals surface area contributed by atoms with E-state index in [2.05, 4.69) is 5.32 Å². The molecule has 1 aliphatic rings. The Morgan fingerprint density at radius 2 is 1.95 bits per heavy atom. The molecule has 4 nitrogen and oxygen atoms in total. The SMILES string of the molecule is CS(=O)(=O)C[C@@H](Oc1ccc(C(F)(F)F)cc1)C1CCNC1. The third-order valence-corrected chi connectivity index (χ3v) is 4.49. The van der Waals surface area contributed by atoms with Gasteiger partial charge in [0.15, 0.2) is 9.84 Å². The first-order valence-electron chi connectivity index (χ1n) is 6.87. The molecule has 1 fully saturated rings. The van der Waals surface area contributed by atoms with Gasteiger partial charge in [0.2, 0.25) is 0 Å². The van der Waals surface area contributed by atoms with Gasteiger partial charge >= 0.3 is 6.18 Å². The largest absolute Gasteiger partial charge is 0.489 e. The molecule has 0 radical (unpaired) electrons. The molecule has 0 saturated carbocycles. The normalized spacial score (nSPS) is 20.8. The maximum Gasteiger partial charge on any atom is 0.416 e. The second kappa shape index (κ2) is 6.45. The number of hydrogen-bond acceptors (Lipinski definition) is 4. The van der Waals surface area contributed by atoms with Crippen LogP contribution in [0.4, 0.5) is 13.2 Å². The van der Waals surface area contributed by atoms with Crippen LogP contribution in [0.2, 0.25) is 0 Å². The van der Waals surface area contributed by atoms with Crippen LogP contribution >= 0.6 is 0 Å². The van der Waals surface area contributed by atoms with Gasteiger partial charge in [-0.05, 0) is 37.2 Å². The molecular formula is C14H18F3NO3S. The quantitative estimate of drug-likeness (QED) is 0.894. The van der Waals surface area contributed by atoms with Crippen LogP contribution in [0.1, 0.15) is 12.0 Å². The van der Waals surface area contributed by atoms with E-state index in [0.29, 0.717) is 6.54 Å². The van der Waals surface area contributed by atoms with E-state index in [1.54, 1.807) is 0 Å². The summed E-state index contributed by atoms with van der Waals surface area (Å²) in [6.07, 6.45) is -3.07. The number of ether oxygens (including phenoxy) is 1. The Balaban J connectivity index is 2.12. The summed E-state index contributed by atoms with van der Waals surface area (Å²) in [5.74, 6) is 0.117. The molecule has 0 amide bonds. The molecule has 1 aromatic rings. The van der Waals surface area contributed by atoms with Crippen LogP contribution in [0.15, 0.2) is 24.3 Å². The van der Waals surface area contributed by atoms with Crippen LogP contribution in [0, 0.1) is 5.92 Å². The zero-order valence-corrected chi connectivity index (χ0v) is 12.9. The Morgan fingerprint density at radius 1 is 1.32 bits per heavy atom. The number of hydrogen-bond donors (Lipinski definition) is 1. The molecule has 2 rings (SSSR count). The molecule has 1 heterocycles. The summed E-state index contributed by atoms with van der Waals surface area (Å²) in [6, 6.07) is 4.31. The highest BCUT2D eigenvalue weighted by Gasteiger charge is 2.31. The number of alkyl halides is 3. The minimum Gasteiger partial charge on any atom is -0.489 e. The minimum absolute atomic E-state index is 0.0250. The van der Waals surface area contributed by atoms with Gasteiger partial charge in [-0.3, -0.25) is 0 Å². The molecule has 0 aliphatic carbocycles. The van der Waals surface area contributed by atoms with E-state index in [-0.39, 0.29) is 17.4 Å². The lowest BCUT2D eigenvalue weighted by atomic mass is 10.0. The summed E-state index contributed by atoms with van der Waals surface area (Å²) in [7, 11) is -3.25. The minimum atomic E-state index is -4.40. The lowest BCUT2D eigenvalue weighted by Crippen LogP contribution is -2.35. The zero-order chi connectivity index (χ0) is 16.4. The first kappa shape index (κ1) is 17.1. The predicted octanol–water partition coefficient (Wildman–Crippen LogP) is 2.11. The van der Waals surface area contributed by atoms with Crippen LogP contribution in [0.5, 0.6) is 5.75 Å². The first-order valence-corrected chi connectivity index (χ1v) is 8.93. The van der Waals surface area contributed by atoms with E-state index < -0.39 is 27.7 Å². The Morgan fingerprint density at radius 3 is 2.41 bits per heavy atom. The first-order chi connectivity index (χ1) is 10.1. The molecular weight excluding hydrogens is 319 g/mol. The van der Waals surface area contributed by atoms with Gasteiger partial charge in [-0.25, -0.2) is 8.42 Å². The van der Waals surface area contributed by atoms with Crippen molar-refractivity contribution in [2.24, 2.45) is 5.92 Å². The van der Waals surface area contributed by atoms with E-state index in [4.69, 9.17) is 4.74 Å². The fourth-order valence-corrected chi connectivity index (χ4v) is 3.39. The molecule has 1 unspecified atom stereocenters. The number of benzene rings is 1. The molecule has 22 heavy (non-hydrogen) atoms. The van der Waals surface area contributed by atoms with Crippen LogP contribution in [-0.2, 0) is 16.0 Å². The summed E-state index contributed by atoms with van der Waals surface area (Å²) in [5.41, 5.74) is -0.762. The lowest BCUT2D eigenvalue weighted by molar-refractivity contribution is -0.137. The summed E-state index contributed by atoms with van der Waals surface area (Å²) in [4.78, 5) is 0. The number of nitrogens with one attached hydrogen (secondary N) is 1. The molecule has 0 bridgehead atoms. The van der Waals surface area contributed by atoms with E-state index in [1.807, 2.05) is 0 Å². The van der Waals surface area contributed by atoms with Gasteiger partial charge in [0.05, 0.1) is 11.3 Å². The third kappa shape index (κ3) is 4.88. The van der Waals surface area contributed by atoms with Crippen LogP contribution in [0.25, 0.3) is 0 Å². The number of sulfone groups is 1.